The molecule has 4 nitrogen and oxygen atoms in total. The highest BCUT2D eigenvalue weighted by atomic mass is 35.5. The monoisotopic (exact) mass is 257 g/mol. The number of anilines is 1. The molecule has 0 aliphatic rings. The molecule has 0 bridgehead atoms. The Morgan fingerprint density at radius 1 is 1.47 bits per heavy atom. The maximum Gasteiger partial charge on any atom is 0.328 e. The van der Waals surface area contributed by atoms with Gasteiger partial charge in [0, 0.05) is 5.02 Å². The van der Waals surface area contributed by atoms with Crippen LogP contribution < -0.4 is 10.1 Å². The topological polar surface area (TPSA) is 58.6 Å². The number of benzene rings is 1. The first-order valence-corrected chi connectivity index (χ1v) is 5.51. The van der Waals surface area contributed by atoms with Crippen molar-refractivity contribution < 1.29 is 14.6 Å². The van der Waals surface area contributed by atoms with Crippen LogP contribution in [0.1, 0.15) is 19.4 Å². The number of hydrogen-bond donors (Lipinski definition) is 2. The van der Waals surface area contributed by atoms with E-state index in [0.29, 0.717) is 16.5 Å². The van der Waals surface area contributed by atoms with Crippen LogP contribution in [0, 0.1) is 6.92 Å². The maximum absolute atomic E-state index is 11.0. The molecule has 0 atom stereocenters. The van der Waals surface area contributed by atoms with Gasteiger partial charge in [0.15, 0.2) is 0 Å². The van der Waals surface area contributed by atoms with Crippen molar-refractivity contribution in [3.63, 3.8) is 0 Å². The number of methoxy groups -OCH3 is 1. The standard InChI is InChI=1S/C12H16ClNO3/c1-7-5-10(17-4)9(6-8(7)13)14-12(2,3)11(15)16/h5-6,14H,1-4H3,(H,15,16). The molecular weight excluding hydrogens is 242 g/mol. The Bertz CT molecular complexity index is 444. The third-order valence-electron chi connectivity index (χ3n) is 2.46. The summed E-state index contributed by atoms with van der Waals surface area (Å²) >= 11 is 6.01. The summed E-state index contributed by atoms with van der Waals surface area (Å²) in [6, 6.07) is 3.43. The molecule has 0 amide bonds. The molecule has 0 radical (unpaired) electrons. The summed E-state index contributed by atoms with van der Waals surface area (Å²) in [7, 11) is 1.53. The van der Waals surface area contributed by atoms with E-state index in [0.717, 1.165) is 5.56 Å². The second-order valence-corrected chi connectivity index (χ2v) is 4.76. The zero-order valence-corrected chi connectivity index (χ0v) is 11.1. The van der Waals surface area contributed by atoms with Gasteiger partial charge < -0.3 is 15.2 Å². The van der Waals surface area contributed by atoms with Gasteiger partial charge >= 0.3 is 5.97 Å². The predicted octanol–water partition coefficient (Wildman–Crippen LogP) is 2.93. The minimum Gasteiger partial charge on any atom is -0.495 e. The Labute approximate surface area is 106 Å². The van der Waals surface area contributed by atoms with E-state index in [4.69, 9.17) is 21.4 Å². The summed E-state index contributed by atoms with van der Waals surface area (Å²) in [5.41, 5.74) is 0.351. The Kier molecular flexibility index (Phi) is 3.88. The Morgan fingerprint density at radius 2 is 2.06 bits per heavy atom. The first kappa shape index (κ1) is 13.6. The summed E-state index contributed by atoms with van der Waals surface area (Å²) in [5.74, 6) is -0.377. The van der Waals surface area contributed by atoms with Crippen molar-refractivity contribution >= 4 is 23.3 Å². The van der Waals surface area contributed by atoms with E-state index in [-0.39, 0.29) is 0 Å². The quantitative estimate of drug-likeness (QED) is 0.871. The minimum atomic E-state index is -1.09. The SMILES string of the molecule is COc1cc(C)c(Cl)cc1NC(C)(C)C(=O)O. The van der Waals surface area contributed by atoms with Crippen molar-refractivity contribution in [3.8, 4) is 5.75 Å². The molecule has 0 heterocycles. The summed E-state index contributed by atoms with van der Waals surface area (Å²) in [6.07, 6.45) is 0. The molecule has 0 fully saturated rings. The van der Waals surface area contributed by atoms with Gasteiger partial charge in [-0.25, -0.2) is 4.79 Å². The highest BCUT2D eigenvalue weighted by Gasteiger charge is 2.28. The van der Waals surface area contributed by atoms with E-state index in [1.807, 2.05) is 6.92 Å². The average molecular weight is 258 g/mol. The lowest BCUT2D eigenvalue weighted by atomic mass is 10.1. The average Bonchev–Trinajstić information content (AvgIpc) is 2.22. The van der Waals surface area contributed by atoms with Crippen molar-refractivity contribution in [2.75, 3.05) is 12.4 Å². The van der Waals surface area contributed by atoms with Gasteiger partial charge in [0.25, 0.3) is 0 Å². The summed E-state index contributed by atoms with van der Waals surface area (Å²) in [6.45, 7) is 5.00. The smallest absolute Gasteiger partial charge is 0.328 e. The van der Waals surface area contributed by atoms with Gasteiger partial charge in [0.2, 0.25) is 0 Å². The van der Waals surface area contributed by atoms with E-state index in [1.54, 1.807) is 26.0 Å². The zero-order chi connectivity index (χ0) is 13.2. The predicted molar refractivity (Wildman–Crippen MR) is 68.1 cm³/mol. The molecule has 0 aliphatic carbocycles. The van der Waals surface area contributed by atoms with Crippen LogP contribution in [0.5, 0.6) is 5.75 Å². The van der Waals surface area contributed by atoms with Gasteiger partial charge in [0.05, 0.1) is 12.8 Å². The van der Waals surface area contributed by atoms with E-state index in [9.17, 15) is 4.79 Å². The molecule has 1 aromatic rings. The fourth-order valence-corrected chi connectivity index (χ4v) is 1.48. The number of carboxylic acids is 1. The first-order chi connectivity index (χ1) is 7.77. The highest BCUT2D eigenvalue weighted by Crippen LogP contribution is 2.32. The molecule has 0 saturated heterocycles. The Balaban J connectivity index is 3.14. The van der Waals surface area contributed by atoms with Crippen LogP contribution in [-0.2, 0) is 4.79 Å². The molecule has 1 rings (SSSR count). The molecule has 0 saturated carbocycles. The molecule has 0 aromatic heterocycles. The lowest BCUT2D eigenvalue weighted by Crippen LogP contribution is -2.40. The van der Waals surface area contributed by atoms with Gasteiger partial charge in [-0.05, 0) is 38.5 Å². The van der Waals surface area contributed by atoms with Crippen LogP contribution in [0.15, 0.2) is 12.1 Å². The van der Waals surface area contributed by atoms with Crippen LogP contribution in [-0.4, -0.2) is 23.7 Å². The number of aryl methyl sites for hydroxylation is 1. The number of carboxylic acid groups (broad SMARTS) is 1. The highest BCUT2D eigenvalue weighted by molar-refractivity contribution is 6.31. The summed E-state index contributed by atoms with van der Waals surface area (Å²) in [5, 5.41) is 12.5. The number of carbonyl (C=O) groups is 1. The first-order valence-electron chi connectivity index (χ1n) is 5.13. The van der Waals surface area contributed by atoms with Crippen LogP contribution >= 0.6 is 11.6 Å². The summed E-state index contributed by atoms with van der Waals surface area (Å²) < 4.78 is 5.19. The van der Waals surface area contributed by atoms with E-state index in [2.05, 4.69) is 5.32 Å². The van der Waals surface area contributed by atoms with E-state index in [1.165, 1.54) is 7.11 Å². The second kappa shape index (κ2) is 4.84. The molecule has 2 N–H and O–H groups in total. The summed E-state index contributed by atoms with van der Waals surface area (Å²) in [4.78, 5) is 11.0. The number of hydrogen-bond acceptors (Lipinski definition) is 3. The van der Waals surface area contributed by atoms with Crippen LogP contribution in [0.2, 0.25) is 5.02 Å². The molecule has 0 spiro atoms. The van der Waals surface area contributed by atoms with Crippen LogP contribution in [0.25, 0.3) is 0 Å². The molecule has 0 aliphatic heterocycles. The van der Waals surface area contributed by atoms with Gasteiger partial charge in [-0.3, -0.25) is 0 Å². The Hall–Kier alpha value is -1.42. The number of ether oxygens (including phenoxy) is 1. The van der Waals surface area contributed by atoms with Crippen molar-refractivity contribution in [3.05, 3.63) is 22.7 Å². The van der Waals surface area contributed by atoms with E-state index < -0.39 is 11.5 Å². The van der Waals surface area contributed by atoms with Gasteiger partial charge in [-0.1, -0.05) is 11.6 Å². The van der Waals surface area contributed by atoms with Crippen LogP contribution in [0.3, 0.4) is 0 Å². The van der Waals surface area contributed by atoms with E-state index >= 15 is 0 Å². The van der Waals surface area contributed by atoms with Crippen molar-refractivity contribution in [2.24, 2.45) is 0 Å². The Morgan fingerprint density at radius 3 is 2.53 bits per heavy atom. The van der Waals surface area contributed by atoms with Crippen molar-refractivity contribution in [1.82, 2.24) is 0 Å². The van der Waals surface area contributed by atoms with Crippen LogP contribution in [0.4, 0.5) is 5.69 Å². The van der Waals surface area contributed by atoms with Gasteiger partial charge in [-0.15, -0.1) is 0 Å². The third kappa shape index (κ3) is 3.03. The minimum absolute atomic E-state index is 0.564. The lowest BCUT2D eigenvalue weighted by Gasteiger charge is -2.24. The van der Waals surface area contributed by atoms with Gasteiger partial charge in [-0.2, -0.15) is 0 Å². The number of nitrogens with one attached hydrogen (secondary N) is 1. The number of aliphatic carboxylic acids is 1. The number of rotatable bonds is 4. The molecule has 94 valence electrons. The second-order valence-electron chi connectivity index (χ2n) is 4.36. The maximum atomic E-state index is 11.0. The molecular formula is C12H16ClNO3. The van der Waals surface area contributed by atoms with Crippen molar-refractivity contribution in [2.45, 2.75) is 26.3 Å². The largest absolute Gasteiger partial charge is 0.495 e. The molecule has 17 heavy (non-hydrogen) atoms. The molecule has 1 aromatic carbocycles. The zero-order valence-electron chi connectivity index (χ0n) is 10.3. The van der Waals surface area contributed by atoms with Gasteiger partial charge in [0.1, 0.15) is 11.3 Å². The molecule has 0 unspecified atom stereocenters. The lowest BCUT2D eigenvalue weighted by molar-refractivity contribution is -0.141. The fourth-order valence-electron chi connectivity index (χ4n) is 1.31. The third-order valence-corrected chi connectivity index (χ3v) is 2.87. The fraction of sp³-hybridized carbons (Fsp3) is 0.417. The normalized spacial score (nSPS) is 11.1. The van der Waals surface area contributed by atoms with Crippen molar-refractivity contribution in [1.29, 1.82) is 0 Å². The molecule has 5 heteroatoms. The number of halogens is 1.